The number of carbonyl (C=O) groups excluding carboxylic acids is 1. The van der Waals surface area contributed by atoms with Crippen molar-refractivity contribution < 1.29 is 49.0 Å². The summed E-state index contributed by atoms with van der Waals surface area (Å²) >= 11 is 0. The van der Waals surface area contributed by atoms with Crippen molar-refractivity contribution in [2.75, 3.05) is 18.2 Å². The van der Waals surface area contributed by atoms with Gasteiger partial charge in [0.2, 0.25) is 0 Å². The summed E-state index contributed by atoms with van der Waals surface area (Å²) in [4.78, 5) is 12.7. The van der Waals surface area contributed by atoms with Crippen LogP contribution in [0.4, 0.5) is 50.9 Å². The minimum atomic E-state index is -6.84. The number of amides is 1. The highest BCUT2D eigenvalue weighted by Crippen LogP contribution is 2.58. The lowest BCUT2D eigenvalue weighted by atomic mass is 9.85. The van der Waals surface area contributed by atoms with Gasteiger partial charge in [0.05, 0.1) is 18.4 Å². The van der Waals surface area contributed by atoms with E-state index in [9.17, 15) is 44.3 Å². The van der Waals surface area contributed by atoms with E-state index < -0.39 is 35.4 Å². The predicted octanol–water partition coefficient (Wildman–Crippen LogP) is 6.33. The van der Waals surface area contributed by atoms with Crippen molar-refractivity contribution in [2.24, 2.45) is 0 Å². The van der Waals surface area contributed by atoms with E-state index in [0.29, 0.717) is 0 Å². The van der Waals surface area contributed by atoms with Gasteiger partial charge in [0.15, 0.2) is 5.75 Å². The van der Waals surface area contributed by atoms with Crippen molar-refractivity contribution in [3.05, 3.63) is 52.6 Å². The van der Waals surface area contributed by atoms with Gasteiger partial charge in [0.25, 0.3) is 5.91 Å². The Morgan fingerprint density at radius 2 is 1.59 bits per heavy atom. The number of rotatable bonds is 6. The van der Waals surface area contributed by atoms with Crippen LogP contribution in [0.25, 0.3) is 0 Å². The van der Waals surface area contributed by atoms with E-state index >= 15 is 0 Å². The molecule has 0 aromatic heterocycles. The molecule has 1 amide bonds. The van der Waals surface area contributed by atoms with Crippen molar-refractivity contribution in [3.8, 4) is 5.75 Å². The van der Waals surface area contributed by atoms with Gasteiger partial charge in [-0.05, 0) is 42.7 Å². The SMILES string of the molecule is CCc1cc(C(F)(C(F)(F)F)C(F)(F)C(F)(F)F)cc(C)c1NC(=O)c1cccc(N)c1OC. The molecule has 3 N–H and O–H groups in total. The van der Waals surface area contributed by atoms with Gasteiger partial charge in [0.1, 0.15) is 0 Å². The summed E-state index contributed by atoms with van der Waals surface area (Å²) in [6, 6.07) is 4.56. The molecule has 0 heterocycles. The first-order chi connectivity index (χ1) is 15.4. The lowest BCUT2D eigenvalue weighted by Crippen LogP contribution is -2.59. The lowest BCUT2D eigenvalue weighted by molar-refractivity contribution is -0.389. The minimum absolute atomic E-state index is 0.0306. The first-order valence-electron chi connectivity index (χ1n) is 9.52. The molecule has 2 rings (SSSR count). The van der Waals surface area contributed by atoms with Crippen molar-refractivity contribution in [3.63, 3.8) is 0 Å². The van der Waals surface area contributed by atoms with E-state index in [1.807, 2.05) is 0 Å². The molecule has 0 saturated heterocycles. The molecule has 2 aromatic carbocycles. The summed E-state index contributed by atoms with van der Waals surface area (Å²) in [5, 5.41) is 2.35. The number of nitrogens with one attached hydrogen (secondary N) is 1. The van der Waals surface area contributed by atoms with E-state index in [2.05, 4.69) is 5.32 Å². The van der Waals surface area contributed by atoms with Gasteiger partial charge in [-0.25, -0.2) is 4.39 Å². The van der Waals surface area contributed by atoms with Gasteiger partial charge in [-0.1, -0.05) is 19.1 Å². The van der Waals surface area contributed by atoms with Crippen LogP contribution in [0.15, 0.2) is 30.3 Å². The Kier molecular flexibility index (Phi) is 7.11. The number of nitrogen functional groups attached to an aromatic ring is 1. The smallest absolute Gasteiger partial charge is 0.457 e. The van der Waals surface area contributed by atoms with Crippen LogP contribution in [0.3, 0.4) is 0 Å². The van der Waals surface area contributed by atoms with Gasteiger partial charge < -0.3 is 15.8 Å². The van der Waals surface area contributed by atoms with E-state index in [0.717, 1.165) is 6.92 Å². The number of halogens is 9. The molecule has 4 nitrogen and oxygen atoms in total. The van der Waals surface area contributed by atoms with Gasteiger partial charge >= 0.3 is 23.9 Å². The molecule has 0 bridgehead atoms. The summed E-state index contributed by atoms with van der Waals surface area (Å²) in [5.41, 5.74) is -3.20. The van der Waals surface area contributed by atoms with Crippen molar-refractivity contribution >= 4 is 17.3 Å². The number of alkyl halides is 9. The summed E-state index contributed by atoms with van der Waals surface area (Å²) in [7, 11) is 1.22. The van der Waals surface area contributed by atoms with Gasteiger partial charge in [-0.2, -0.15) is 35.1 Å². The number of nitrogens with two attached hydrogens (primary N) is 1. The van der Waals surface area contributed by atoms with Crippen LogP contribution in [0.2, 0.25) is 0 Å². The topological polar surface area (TPSA) is 64.4 Å². The van der Waals surface area contributed by atoms with Crippen LogP contribution in [0.1, 0.15) is 34.0 Å². The number of methoxy groups -OCH3 is 1. The number of hydrogen-bond acceptors (Lipinski definition) is 3. The molecule has 0 aliphatic rings. The number of carbonyl (C=O) groups is 1. The highest BCUT2D eigenvalue weighted by atomic mass is 19.4. The number of benzene rings is 2. The summed E-state index contributed by atoms with van der Waals surface area (Å²) < 4.78 is 126. The minimum Gasteiger partial charge on any atom is -0.494 e. The molecule has 1 unspecified atom stereocenters. The van der Waals surface area contributed by atoms with Crippen LogP contribution in [0.5, 0.6) is 5.75 Å². The molecule has 1 atom stereocenters. The van der Waals surface area contributed by atoms with E-state index in [1.54, 1.807) is 0 Å². The maximum Gasteiger partial charge on any atom is 0.457 e. The molecule has 0 aliphatic carbocycles. The molecule has 0 saturated carbocycles. The Morgan fingerprint density at radius 1 is 1.00 bits per heavy atom. The second-order valence-corrected chi connectivity index (χ2v) is 7.29. The third kappa shape index (κ3) is 4.34. The maximum atomic E-state index is 14.9. The number of aryl methyl sites for hydroxylation is 2. The highest BCUT2D eigenvalue weighted by molar-refractivity contribution is 6.08. The van der Waals surface area contributed by atoms with Crippen molar-refractivity contribution in [1.29, 1.82) is 0 Å². The molecule has 0 spiro atoms. The van der Waals surface area contributed by atoms with Crippen LogP contribution in [0, 0.1) is 6.92 Å². The second-order valence-electron chi connectivity index (χ2n) is 7.29. The Bertz CT molecular complexity index is 1080. The number of anilines is 2. The molecular formula is C21H19F9N2O2. The average molecular weight is 502 g/mol. The first kappa shape index (κ1) is 27.1. The molecule has 13 heteroatoms. The second kappa shape index (κ2) is 8.91. The fourth-order valence-corrected chi connectivity index (χ4v) is 3.38. The number of ether oxygens (including phenoxy) is 1. The fraction of sp³-hybridized carbons (Fsp3) is 0.381. The van der Waals surface area contributed by atoms with Crippen LogP contribution in [-0.2, 0) is 12.1 Å². The number of hydrogen-bond donors (Lipinski definition) is 2. The first-order valence-corrected chi connectivity index (χ1v) is 9.52. The molecule has 0 fully saturated rings. The van der Waals surface area contributed by atoms with E-state index in [4.69, 9.17) is 10.5 Å². The lowest BCUT2D eigenvalue weighted by Gasteiger charge is -2.36. The predicted molar refractivity (Wildman–Crippen MR) is 106 cm³/mol. The summed E-state index contributed by atoms with van der Waals surface area (Å²) in [5.74, 6) is -7.69. The normalized spacial score (nSPS) is 14.5. The number of para-hydroxylation sites is 1. The quantitative estimate of drug-likeness (QED) is 0.359. The van der Waals surface area contributed by atoms with Crippen LogP contribution >= 0.6 is 0 Å². The Balaban J connectivity index is 2.67. The molecule has 188 valence electrons. The Labute approximate surface area is 187 Å². The monoisotopic (exact) mass is 502 g/mol. The van der Waals surface area contributed by atoms with E-state index in [1.165, 1.54) is 32.2 Å². The molecular weight excluding hydrogens is 483 g/mol. The molecule has 0 radical (unpaired) electrons. The summed E-state index contributed by atoms with van der Waals surface area (Å²) in [6.45, 7) is 2.35. The molecule has 2 aromatic rings. The fourth-order valence-electron chi connectivity index (χ4n) is 3.38. The zero-order valence-corrected chi connectivity index (χ0v) is 17.9. The van der Waals surface area contributed by atoms with Gasteiger partial charge in [-0.3, -0.25) is 4.79 Å². The van der Waals surface area contributed by atoms with E-state index in [-0.39, 0.29) is 52.4 Å². The zero-order chi connectivity index (χ0) is 26.3. The van der Waals surface area contributed by atoms with Crippen LogP contribution in [-0.4, -0.2) is 31.3 Å². The van der Waals surface area contributed by atoms with Gasteiger partial charge in [-0.15, -0.1) is 0 Å². The van der Waals surface area contributed by atoms with Gasteiger partial charge in [0, 0.05) is 11.3 Å². The van der Waals surface area contributed by atoms with Crippen LogP contribution < -0.4 is 15.8 Å². The van der Waals surface area contributed by atoms with Crippen molar-refractivity contribution in [1.82, 2.24) is 0 Å². The Morgan fingerprint density at radius 3 is 2.06 bits per heavy atom. The molecule has 0 aliphatic heterocycles. The largest absolute Gasteiger partial charge is 0.494 e. The highest BCUT2D eigenvalue weighted by Gasteiger charge is 2.81. The Hall–Kier alpha value is -3.12. The standard InChI is InChI=1S/C21H19F9N2O2/c1-4-11-9-12(18(22,20(25,26)27)19(23,24)21(28,29)30)8-10(2)15(11)32-17(33)13-6-5-7-14(31)16(13)34-3/h5-9H,4,31H2,1-3H3,(H,32,33). The third-order valence-electron chi connectivity index (χ3n) is 5.11. The average Bonchev–Trinajstić information content (AvgIpc) is 2.72. The van der Waals surface area contributed by atoms with Crippen molar-refractivity contribution in [2.45, 2.75) is 44.2 Å². The maximum absolute atomic E-state index is 14.9. The molecule has 34 heavy (non-hydrogen) atoms. The summed E-state index contributed by atoms with van der Waals surface area (Å²) in [6.07, 6.45) is -13.7. The third-order valence-corrected chi connectivity index (χ3v) is 5.11. The zero-order valence-electron chi connectivity index (χ0n) is 17.9.